The van der Waals surface area contributed by atoms with Gasteiger partial charge >= 0.3 is 0 Å². The van der Waals surface area contributed by atoms with Crippen LogP contribution in [-0.2, 0) is 7.05 Å². The highest BCUT2D eigenvalue weighted by Gasteiger charge is 2.27. The topological polar surface area (TPSA) is 59.3 Å². The molecular weight excluding hydrogens is 350 g/mol. The summed E-state index contributed by atoms with van der Waals surface area (Å²) in [6.07, 6.45) is -0.790. The van der Waals surface area contributed by atoms with Crippen LogP contribution < -0.4 is 10.1 Å². The Morgan fingerprint density at radius 2 is 1.61 bits per heavy atom. The second-order valence-electron chi connectivity index (χ2n) is 6.72. The van der Waals surface area contributed by atoms with E-state index in [0.717, 1.165) is 33.9 Å². The van der Waals surface area contributed by atoms with Crippen LogP contribution in [-0.4, -0.2) is 21.8 Å². The predicted molar refractivity (Wildman–Crippen MR) is 111 cm³/mol. The molecule has 3 aromatic carbocycles. The van der Waals surface area contributed by atoms with E-state index in [-0.39, 0.29) is 0 Å². The third-order valence-electron chi connectivity index (χ3n) is 4.97. The smallest absolute Gasteiger partial charge is 0.135 e. The number of fused-ring (bicyclic) bond motifs is 1. The fourth-order valence-electron chi connectivity index (χ4n) is 3.43. The highest BCUT2D eigenvalue weighted by molar-refractivity contribution is 5.76. The zero-order valence-corrected chi connectivity index (χ0v) is 15.9. The molecule has 0 aliphatic carbocycles. The molecule has 1 heterocycles. The molecule has 0 amide bonds. The van der Waals surface area contributed by atoms with Crippen molar-refractivity contribution in [1.82, 2.24) is 9.55 Å². The first kappa shape index (κ1) is 18.1. The Labute approximate surface area is 164 Å². The molecule has 142 valence electrons. The highest BCUT2D eigenvalue weighted by Crippen LogP contribution is 2.33. The Kier molecular flexibility index (Phi) is 5.00. The number of aromatic nitrogens is 2. The maximum atomic E-state index is 11.3. The van der Waals surface area contributed by atoms with Crippen molar-refractivity contribution in [2.45, 2.75) is 12.1 Å². The summed E-state index contributed by atoms with van der Waals surface area (Å²) in [6, 6.07) is 24.9. The lowest BCUT2D eigenvalue weighted by Gasteiger charge is -2.25. The van der Waals surface area contributed by atoms with Gasteiger partial charge in [-0.1, -0.05) is 42.5 Å². The van der Waals surface area contributed by atoms with Crippen LogP contribution in [0.5, 0.6) is 5.75 Å². The number of aliphatic hydroxyl groups excluding tert-OH is 1. The number of hydrogen-bond acceptors (Lipinski definition) is 4. The summed E-state index contributed by atoms with van der Waals surface area (Å²) in [5.41, 5.74) is 3.65. The molecule has 0 saturated carbocycles. The van der Waals surface area contributed by atoms with Gasteiger partial charge in [-0.15, -0.1) is 0 Å². The van der Waals surface area contributed by atoms with Gasteiger partial charge < -0.3 is 19.7 Å². The van der Waals surface area contributed by atoms with Crippen molar-refractivity contribution in [1.29, 1.82) is 0 Å². The largest absolute Gasteiger partial charge is 0.497 e. The lowest BCUT2D eigenvalue weighted by atomic mass is 10.0. The third-order valence-corrected chi connectivity index (χ3v) is 4.97. The van der Waals surface area contributed by atoms with Gasteiger partial charge in [-0.3, -0.25) is 0 Å². The molecule has 1 aromatic heterocycles. The van der Waals surface area contributed by atoms with Crippen molar-refractivity contribution < 1.29 is 9.84 Å². The molecule has 0 bridgehead atoms. The Balaban J connectivity index is 1.77. The van der Waals surface area contributed by atoms with Gasteiger partial charge in [0.2, 0.25) is 0 Å². The molecule has 4 aromatic rings. The number of nitrogens with zero attached hydrogens (tertiary/aromatic N) is 2. The maximum absolute atomic E-state index is 11.3. The minimum absolute atomic E-state index is 0.423. The van der Waals surface area contributed by atoms with Crippen molar-refractivity contribution in [2.75, 3.05) is 12.4 Å². The molecule has 4 rings (SSSR count). The van der Waals surface area contributed by atoms with Crippen molar-refractivity contribution in [3.63, 3.8) is 0 Å². The molecule has 2 unspecified atom stereocenters. The third kappa shape index (κ3) is 3.44. The van der Waals surface area contributed by atoms with E-state index in [1.54, 1.807) is 7.11 Å². The Bertz CT molecular complexity index is 1060. The van der Waals surface area contributed by atoms with Gasteiger partial charge in [0.1, 0.15) is 23.7 Å². The van der Waals surface area contributed by atoms with E-state index in [9.17, 15) is 5.11 Å². The van der Waals surface area contributed by atoms with Gasteiger partial charge in [-0.05, 0) is 42.0 Å². The molecule has 0 saturated heterocycles. The number of anilines is 1. The van der Waals surface area contributed by atoms with Crippen LogP contribution in [0.1, 0.15) is 23.5 Å². The summed E-state index contributed by atoms with van der Waals surface area (Å²) >= 11 is 0. The van der Waals surface area contributed by atoms with E-state index < -0.39 is 12.1 Å². The van der Waals surface area contributed by atoms with Crippen LogP contribution in [0.2, 0.25) is 0 Å². The van der Waals surface area contributed by atoms with Gasteiger partial charge in [0.15, 0.2) is 0 Å². The number of para-hydroxylation sites is 3. The first-order valence-electron chi connectivity index (χ1n) is 9.22. The summed E-state index contributed by atoms with van der Waals surface area (Å²) in [5, 5.41) is 14.7. The fraction of sp³-hybridized carbons (Fsp3) is 0.174. The van der Waals surface area contributed by atoms with E-state index in [0.29, 0.717) is 0 Å². The Morgan fingerprint density at radius 1 is 0.929 bits per heavy atom. The number of methoxy groups -OCH3 is 1. The number of ether oxygens (including phenoxy) is 1. The number of aliphatic hydroxyl groups is 1. The average Bonchev–Trinajstić information content (AvgIpc) is 3.09. The summed E-state index contributed by atoms with van der Waals surface area (Å²) in [7, 11) is 3.61. The molecule has 28 heavy (non-hydrogen) atoms. The maximum Gasteiger partial charge on any atom is 0.135 e. The minimum atomic E-state index is -0.790. The molecule has 5 heteroatoms. The van der Waals surface area contributed by atoms with Crippen LogP contribution in [0.4, 0.5) is 5.69 Å². The number of nitrogens with one attached hydrogen (secondary N) is 1. The Morgan fingerprint density at radius 3 is 2.29 bits per heavy atom. The van der Waals surface area contributed by atoms with Crippen LogP contribution in [0.25, 0.3) is 11.0 Å². The number of rotatable bonds is 6. The molecule has 2 N–H and O–H groups in total. The molecule has 0 spiro atoms. The number of benzene rings is 3. The summed E-state index contributed by atoms with van der Waals surface area (Å²) in [6.45, 7) is 0. The first-order valence-corrected chi connectivity index (χ1v) is 9.22. The van der Waals surface area contributed by atoms with Gasteiger partial charge in [-0.2, -0.15) is 0 Å². The van der Waals surface area contributed by atoms with Crippen LogP contribution in [0.15, 0.2) is 78.9 Å². The lowest BCUT2D eigenvalue weighted by Crippen LogP contribution is -2.22. The quantitative estimate of drug-likeness (QED) is 0.524. The highest BCUT2D eigenvalue weighted by atomic mass is 16.5. The monoisotopic (exact) mass is 373 g/mol. The second-order valence-corrected chi connectivity index (χ2v) is 6.72. The molecular formula is C23H23N3O2. The minimum Gasteiger partial charge on any atom is -0.497 e. The number of aryl methyl sites for hydroxylation is 1. The summed E-state index contributed by atoms with van der Waals surface area (Å²) in [4.78, 5) is 4.80. The van der Waals surface area contributed by atoms with Crippen LogP contribution in [0, 0.1) is 0 Å². The standard InChI is InChI=1S/C23H23N3O2/c1-26-20-11-7-6-10-19(20)25-23(26)21(24-17-8-4-3-5-9-17)22(27)16-12-14-18(28-2)15-13-16/h3-15,21-22,24,27H,1-2H3. The first-order chi connectivity index (χ1) is 13.7. The van der Waals surface area contributed by atoms with E-state index in [1.807, 2.05) is 90.5 Å². The molecule has 0 fully saturated rings. The van der Waals surface area contributed by atoms with Gasteiger partial charge in [0, 0.05) is 12.7 Å². The van der Waals surface area contributed by atoms with Crippen LogP contribution in [0.3, 0.4) is 0 Å². The van der Waals surface area contributed by atoms with Crippen molar-refractivity contribution in [3.05, 3.63) is 90.3 Å². The SMILES string of the molecule is COc1ccc(C(O)C(Nc2ccccc2)c2nc3ccccc3n2C)cc1. The average molecular weight is 373 g/mol. The zero-order valence-electron chi connectivity index (χ0n) is 15.9. The molecule has 0 radical (unpaired) electrons. The van der Waals surface area contributed by atoms with Crippen LogP contribution >= 0.6 is 0 Å². The van der Waals surface area contributed by atoms with E-state index in [1.165, 1.54) is 0 Å². The zero-order chi connectivity index (χ0) is 19.5. The number of hydrogen-bond donors (Lipinski definition) is 2. The molecule has 5 nitrogen and oxygen atoms in total. The Hall–Kier alpha value is -3.31. The summed E-state index contributed by atoms with van der Waals surface area (Å²) in [5.74, 6) is 1.53. The van der Waals surface area contributed by atoms with Crippen molar-refractivity contribution >= 4 is 16.7 Å². The molecule has 2 atom stereocenters. The van der Waals surface area contributed by atoms with Crippen molar-refractivity contribution in [2.24, 2.45) is 7.05 Å². The predicted octanol–water partition coefficient (Wildman–Crippen LogP) is 4.47. The molecule has 0 aliphatic heterocycles. The van der Waals surface area contributed by atoms with Crippen molar-refractivity contribution in [3.8, 4) is 5.75 Å². The normalized spacial score (nSPS) is 13.2. The van der Waals surface area contributed by atoms with E-state index >= 15 is 0 Å². The fourth-order valence-corrected chi connectivity index (χ4v) is 3.43. The molecule has 0 aliphatic rings. The second kappa shape index (κ2) is 7.74. The van der Waals surface area contributed by atoms with E-state index in [2.05, 4.69) is 5.32 Å². The van der Waals surface area contributed by atoms with Gasteiger partial charge in [0.25, 0.3) is 0 Å². The lowest BCUT2D eigenvalue weighted by molar-refractivity contribution is 0.150. The van der Waals surface area contributed by atoms with E-state index in [4.69, 9.17) is 9.72 Å². The van der Waals surface area contributed by atoms with Gasteiger partial charge in [-0.25, -0.2) is 4.98 Å². The number of imidazole rings is 1. The summed E-state index contributed by atoms with van der Waals surface area (Å²) < 4.78 is 7.27. The van der Waals surface area contributed by atoms with Gasteiger partial charge in [0.05, 0.1) is 18.1 Å².